The lowest BCUT2D eigenvalue weighted by Gasteiger charge is -2.27. The molecule has 0 unspecified atom stereocenters. The molecule has 0 spiro atoms. The minimum absolute atomic E-state index is 0.0579. The van der Waals surface area contributed by atoms with Crippen LogP contribution in [-0.2, 0) is 11.2 Å². The van der Waals surface area contributed by atoms with Crippen molar-refractivity contribution in [1.29, 1.82) is 0 Å². The van der Waals surface area contributed by atoms with Crippen LogP contribution in [0.3, 0.4) is 0 Å². The normalized spacial score (nSPS) is 24.2. The molecule has 1 aromatic carbocycles. The third-order valence-electron chi connectivity index (χ3n) is 5.55. The number of piperazine rings is 1. The van der Waals surface area contributed by atoms with Crippen LogP contribution in [0.25, 0.3) is 0 Å². The van der Waals surface area contributed by atoms with Gasteiger partial charge in [0.1, 0.15) is 0 Å². The fourth-order valence-electron chi connectivity index (χ4n) is 3.80. The lowest BCUT2D eigenvalue weighted by molar-refractivity contribution is -0.142. The van der Waals surface area contributed by atoms with Crippen molar-refractivity contribution in [3.63, 3.8) is 0 Å². The van der Waals surface area contributed by atoms with Crippen molar-refractivity contribution in [1.82, 2.24) is 15.5 Å². The largest absolute Gasteiger partial charge is 0.481 e. The Morgan fingerprint density at radius 2 is 1.73 bits per heavy atom. The van der Waals surface area contributed by atoms with Gasteiger partial charge in [-0.1, -0.05) is 12.1 Å². The first-order valence-corrected chi connectivity index (χ1v) is 9.67. The number of hydrogen-bond donors (Lipinski definition) is 3. The molecule has 142 valence electrons. The Morgan fingerprint density at radius 3 is 2.35 bits per heavy atom. The molecule has 2 fully saturated rings. The van der Waals surface area contributed by atoms with Crippen LogP contribution in [0.1, 0.15) is 41.6 Å². The van der Waals surface area contributed by atoms with Gasteiger partial charge < -0.3 is 20.6 Å². The summed E-state index contributed by atoms with van der Waals surface area (Å²) in [7, 11) is 0. The summed E-state index contributed by atoms with van der Waals surface area (Å²) in [5, 5.41) is 15.5. The number of nitrogens with one attached hydrogen (secondary N) is 2. The van der Waals surface area contributed by atoms with Crippen LogP contribution in [0.4, 0.5) is 0 Å². The number of amides is 1. The van der Waals surface area contributed by atoms with Crippen molar-refractivity contribution >= 4 is 11.9 Å². The summed E-state index contributed by atoms with van der Waals surface area (Å²) < 4.78 is 0. The van der Waals surface area contributed by atoms with Gasteiger partial charge in [-0.2, -0.15) is 0 Å². The number of carboxylic acid groups (broad SMARTS) is 1. The minimum atomic E-state index is -0.716. The Bertz CT molecular complexity index is 603. The smallest absolute Gasteiger partial charge is 0.306 e. The molecule has 26 heavy (non-hydrogen) atoms. The van der Waals surface area contributed by atoms with Gasteiger partial charge in [-0.25, -0.2) is 0 Å². The Kier molecular flexibility index (Phi) is 6.63. The van der Waals surface area contributed by atoms with E-state index in [-0.39, 0.29) is 17.9 Å². The molecular weight excluding hydrogens is 330 g/mol. The maximum Gasteiger partial charge on any atom is 0.306 e. The van der Waals surface area contributed by atoms with E-state index in [1.807, 2.05) is 24.3 Å². The zero-order valence-corrected chi connectivity index (χ0v) is 15.2. The van der Waals surface area contributed by atoms with Gasteiger partial charge >= 0.3 is 5.97 Å². The standard InChI is InChI=1S/C20H29N3O3/c24-19(22-18-7-5-17(6-8-18)20(25)26)16-3-1-15(2-4-16)9-12-23-13-10-21-11-14-23/h1-4,17-18,21H,5-14H2,(H,22,24)(H,25,26)/t17-,18-. The van der Waals surface area contributed by atoms with Gasteiger partial charge in [-0.3, -0.25) is 9.59 Å². The topological polar surface area (TPSA) is 81.7 Å². The van der Waals surface area contributed by atoms with Gasteiger partial charge in [0, 0.05) is 44.3 Å². The first kappa shape index (κ1) is 18.9. The highest BCUT2D eigenvalue weighted by atomic mass is 16.4. The number of carbonyl (C=O) groups is 2. The summed E-state index contributed by atoms with van der Waals surface area (Å²) in [6.45, 7) is 5.39. The van der Waals surface area contributed by atoms with Gasteiger partial charge in [0.05, 0.1) is 5.92 Å². The van der Waals surface area contributed by atoms with E-state index < -0.39 is 5.97 Å². The monoisotopic (exact) mass is 359 g/mol. The van der Waals surface area contributed by atoms with Gasteiger partial charge in [0.15, 0.2) is 0 Å². The van der Waals surface area contributed by atoms with E-state index in [4.69, 9.17) is 5.11 Å². The summed E-state index contributed by atoms with van der Waals surface area (Å²) in [4.78, 5) is 25.9. The Balaban J connectivity index is 1.44. The molecule has 1 aliphatic heterocycles. The van der Waals surface area contributed by atoms with Gasteiger partial charge in [0.25, 0.3) is 5.91 Å². The molecular formula is C20H29N3O3. The third-order valence-corrected chi connectivity index (χ3v) is 5.55. The summed E-state index contributed by atoms with van der Waals surface area (Å²) in [5.41, 5.74) is 1.93. The average Bonchev–Trinajstić information content (AvgIpc) is 2.68. The first-order valence-electron chi connectivity index (χ1n) is 9.67. The molecule has 6 nitrogen and oxygen atoms in total. The van der Waals surface area contributed by atoms with Crippen LogP contribution in [0, 0.1) is 5.92 Å². The molecule has 0 radical (unpaired) electrons. The predicted octanol–water partition coefficient (Wildman–Crippen LogP) is 1.51. The molecule has 1 heterocycles. The summed E-state index contributed by atoms with van der Waals surface area (Å²) in [6.07, 6.45) is 3.77. The number of aliphatic carboxylic acids is 1. The number of rotatable bonds is 6. The first-order chi connectivity index (χ1) is 12.6. The molecule has 0 aromatic heterocycles. The third kappa shape index (κ3) is 5.29. The van der Waals surface area contributed by atoms with Crippen LogP contribution >= 0.6 is 0 Å². The fraction of sp³-hybridized carbons (Fsp3) is 0.600. The molecule has 1 saturated carbocycles. The van der Waals surface area contributed by atoms with E-state index in [0.29, 0.717) is 18.4 Å². The molecule has 1 aromatic rings. The number of nitrogens with zero attached hydrogens (tertiary/aromatic N) is 1. The second-order valence-corrected chi connectivity index (χ2v) is 7.40. The second-order valence-electron chi connectivity index (χ2n) is 7.40. The van der Waals surface area contributed by atoms with E-state index in [2.05, 4.69) is 15.5 Å². The Hall–Kier alpha value is -1.92. The maximum absolute atomic E-state index is 12.4. The number of hydrogen-bond acceptors (Lipinski definition) is 4. The highest BCUT2D eigenvalue weighted by Gasteiger charge is 2.26. The quantitative estimate of drug-likeness (QED) is 0.717. The molecule has 0 atom stereocenters. The number of carboxylic acids is 1. The van der Waals surface area contributed by atoms with Crippen LogP contribution in [-0.4, -0.2) is 60.6 Å². The zero-order chi connectivity index (χ0) is 18.4. The van der Waals surface area contributed by atoms with E-state index in [0.717, 1.165) is 52.0 Å². The van der Waals surface area contributed by atoms with Crippen molar-refractivity contribution in [2.45, 2.75) is 38.1 Å². The molecule has 6 heteroatoms. The molecule has 1 saturated heterocycles. The van der Waals surface area contributed by atoms with Crippen molar-refractivity contribution < 1.29 is 14.7 Å². The Labute approximate surface area is 155 Å². The summed E-state index contributed by atoms with van der Waals surface area (Å²) >= 11 is 0. The van der Waals surface area contributed by atoms with E-state index in [1.54, 1.807) is 0 Å². The Morgan fingerprint density at radius 1 is 1.08 bits per heavy atom. The van der Waals surface area contributed by atoms with E-state index in [9.17, 15) is 9.59 Å². The minimum Gasteiger partial charge on any atom is -0.481 e. The van der Waals surface area contributed by atoms with E-state index >= 15 is 0 Å². The van der Waals surface area contributed by atoms with Crippen molar-refractivity contribution in [2.24, 2.45) is 5.92 Å². The van der Waals surface area contributed by atoms with Gasteiger partial charge in [-0.15, -0.1) is 0 Å². The second kappa shape index (κ2) is 9.14. The predicted molar refractivity (Wildman–Crippen MR) is 100 cm³/mol. The number of benzene rings is 1. The average molecular weight is 359 g/mol. The molecule has 2 aliphatic rings. The lowest BCUT2D eigenvalue weighted by atomic mass is 9.86. The van der Waals surface area contributed by atoms with Crippen molar-refractivity contribution in [3.8, 4) is 0 Å². The van der Waals surface area contributed by atoms with Crippen molar-refractivity contribution in [3.05, 3.63) is 35.4 Å². The molecule has 3 N–H and O–H groups in total. The fourth-order valence-corrected chi connectivity index (χ4v) is 3.80. The van der Waals surface area contributed by atoms with Crippen molar-refractivity contribution in [2.75, 3.05) is 32.7 Å². The maximum atomic E-state index is 12.4. The van der Waals surface area contributed by atoms with Crippen LogP contribution < -0.4 is 10.6 Å². The van der Waals surface area contributed by atoms with Crippen LogP contribution in [0.15, 0.2) is 24.3 Å². The van der Waals surface area contributed by atoms with E-state index in [1.165, 1.54) is 5.56 Å². The summed E-state index contributed by atoms with van der Waals surface area (Å²) in [6, 6.07) is 7.96. The van der Waals surface area contributed by atoms with Gasteiger partial charge in [-0.05, 0) is 49.8 Å². The van der Waals surface area contributed by atoms with Crippen LogP contribution in [0.5, 0.6) is 0 Å². The molecule has 1 aliphatic carbocycles. The summed E-state index contributed by atoms with van der Waals surface area (Å²) in [5.74, 6) is -1.03. The molecule has 3 rings (SSSR count). The highest BCUT2D eigenvalue weighted by Crippen LogP contribution is 2.24. The number of carbonyl (C=O) groups excluding carboxylic acids is 1. The van der Waals surface area contributed by atoms with Gasteiger partial charge in [0.2, 0.25) is 0 Å². The SMILES string of the molecule is O=C(N[C@H]1CC[C@H](C(=O)O)CC1)c1ccc(CCN2CCNCC2)cc1. The highest BCUT2D eigenvalue weighted by molar-refractivity contribution is 5.94. The molecule has 0 bridgehead atoms. The lowest BCUT2D eigenvalue weighted by Crippen LogP contribution is -2.44. The molecule has 1 amide bonds. The zero-order valence-electron chi connectivity index (χ0n) is 15.2. The van der Waals surface area contributed by atoms with Crippen LogP contribution in [0.2, 0.25) is 0 Å².